The Balaban J connectivity index is 1.82. The molecule has 0 radical (unpaired) electrons. The lowest BCUT2D eigenvalue weighted by atomic mass is 9.93. The Labute approximate surface area is 256 Å². The first kappa shape index (κ1) is 28.3. The molecule has 0 saturated heterocycles. The Hall–Kier alpha value is -4.86. The van der Waals surface area contributed by atoms with E-state index < -0.39 is 10.3 Å². The standard InChI is InChI=1S/C40H34O2S/c1-2-18-39(41)42-43(35-25-14-6-15-26-35,36-27-16-7-17-28-36)40-37(32-21-10-4-11-22-32)29-34(31-19-8-3-9-20-31)30-38(40)33-23-12-5-13-24-33/h3-17,19-30H,2,18H2,1H3. The van der Waals surface area contributed by atoms with Gasteiger partial charge in [0.2, 0.25) is 0 Å². The maximum Gasteiger partial charge on any atom is 0.317 e. The van der Waals surface area contributed by atoms with E-state index in [1.54, 1.807) is 0 Å². The van der Waals surface area contributed by atoms with Gasteiger partial charge in [-0.2, -0.15) is 0 Å². The molecule has 6 aromatic carbocycles. The summed E-state index contributed by atoms with van der Waals surface area (Å²) < 4.78 is 6.95. The molecule has 212 valence electrons. The average molecular weight is 579 g/mol. The van der Waals surface area contributed by atoms with Crippen molar-refractivity contribution < 1.29 is 8.98 Å². The molecule has 43 heavy (non-hydrogen) atoms. The monoisotopic (exact) mass is 578 g/mol. The summed E-state index contributed by atoms with van der Waals surface area (Å²) in [4.78, 5) is 16.7. The highest BCUT2D eigenvalue weighted by molar-refractivity contribution is 8.30. The molecule has 0 aliphatic rings. The summed E-state index contributed by atoms with van der Waals surface area (Å²) in [5.74, 6) is -0.199. The van der Waals surface area contributed by atoms with Crippen LogP contribution in [0.5, 0.6) is 0 Å². The molecule has 0 heterocycles. The zero-order chi connectivity index (χ0) is 29.5. The Kier molecular flexibility index (Phi) is 8.53. The van der Waals surface area contributed by atoms with Crippen LogP contribution in [0.1, 0.15) is 19.8 Å². The third-order valence-electron chi connectivity index (χ3n) is 7.48. The van der Waals surface area contributed by atoms with Crippen LogP contribution in [0.4, 0.5) is 0 Å². The molecule has 2 nitrogen and oxygen atoms in total. The minimum absolute atomic E-state index is 0.199. The first-order valence-corrected chi connectivity index (χ1v) is 16.3. The van der Waals surface area contributed by atoms with Gasteiger partial charge in [0, 0.05) is 21.1 Å². The molecule has 0 fully saturated rings. The van der Waals surface area contributed by atoms with Crippen molar-refractivity contribution in [3.8, 4) is 33.4 Å². The van der Waals surface area contributed by atoms with Crippen molar-refractivity contribution in [2.45, 2.75) is 34.5 Å². The number of benzene rings is 6. The predicted molar refractivity (Wildman–Crippen MR) is 179 cm³/mol. The summed E-state index contributed by atoms with van der Waals surface area (Å²) in [6, 6.07) is 56.6. The highest BCUT2D eigenvalue weighted by atomic mass is 32.3. The van der Waals surface area contributed by atoms with Crippen LogP contribution in [-0.4, -0.2) is 5.97 Å². The topological polar surface area (TPSA) is 26.3 Å². The van der Waals surface area contributed by atoms with E-state index >= 15 is 0 Å². The molecule has 0 aliphatic carbocycles. The summed E-state index contributed by atoms with van der Waals surface area (Å²) in [5, 5.41) is 0. The normalized spacial score (nSPS) is 11.6. The van der Waals surface area contributed by atoms with E-state index in [2.05, 4.69) is 109 Å². The lowest BCUT2D eigenvalue weighted by Gasteiger charge is -2.42. The molecule has 0 saturated carbocycles. The van der Waals surface area contributed by atoms with Crippen LogP contribution in [0.25, 0.3) is 33.4 Å². The summed E-state index contributed by atoms with van der Waals surface area (Å²) in [6.45, 7) is 2.02. The van der Waals surface area contributed by atoms with E-state index in [1.807, 2.05) is 61.5 Å². The minimum Gasteiger partial charge on any atom is -0.402 e. The van der Waals surface area contributed by atoms with Gasteiger partial charge >= 0.3 is 5.97 Å². The first-order chi connectivity index (χ1) is 21.2. The van der Waals surface area contributed by atoms with Crippen LogP contribution in [0, 0.1) is 0 Å². The highest BCUT2D eigenvalue weighted by Crippen LogP contribution is 2.73. The van der Waals surface area contributed by atoms with Crippen LogP contribution in [0.3, 0.4) is 0 Å². The Morgan fingerprint density at radius 3 is 1.28 bits per heavy atom. The Bertz CT molecular complexity index is 1690. The fourth-order valence-electron chi connectivity index (χ4n) is 5.52. The average Bonchev–Trinajstić information content (AvgIpc) is 3.09. The smallest absolute Gasteiger partial charge is 0.317 e. The molecular formula is C40H34O2S. The molecule has 0 aliphatic heterocycles. The fraction of sp³-hybridized carbons (Fsp3) is 0.0750. The van der Waals surface area contributed by atoms with Crippen LogP contribution >= 0.6 is 10.3 Å². The van der Waals surface area contributed by atoms with Crippen LogP contribution in [0.2, 0.25) is 0 Å². The molecule has 6 rings (SSSR count). The van der Waals surface area contributed by atoms with Crippen molar-refractivity contribution in [3.63, 3.8) is 0 Å². The number of carbonyl (C=O) groups excluding carboxylic acids is 1. The predicted octanol–water partition coefficient (Wildman–Crippen LogP) is 11.2. The van der Waals surface area contributed by atoms with Gasteiger partial charge in [-0.05, 0) is 86.5 Å². The summed E-state index contributed by atoms with van der Waals surface area (Å²) >= 11 is 0. The molecule has 0 aromatic heterocycles. The number of hydrogen-bond donors (Lipinski definition) is 0. The summed E-state index contributed by atoms with van der Waals surface area (Å²) in [7, 11) is -2.56. The quantitative estimate of drug-likeness (QED) is 0.171. The van der Waals surface area contributed by atoms with E-state index in [4.69, 9.17) is 4.18 Å². The Morgan fingerprint density at radius 2 is 0.884 bits per heavy atom. The number of carbonyl (C=O) groups is 1. The first-order valence-electron chi connectivity index (χ1n) is 14.7. The minimum atomic E-state index is -2.56. The lowest BCUT2D eigenvalue weighted by Crippen LogP contribution is -2.15. The molecule has 3 heteroatoms. The summed E-state index contributed by atoms with van der Waals surface area (Å²) in [5.41, 5.74) is 6.48. The number of hydrogen-bond acceptors (Lipinski definition) is 2. The van der Waals surface area contributed by atoms with Crippen LogP contribution in [0.15, 0.2) is 178 Å². The third-order valence-corrected chi connectivity index (χ3v) is 10.8. The van der Waals surface area contributed by atoms with Crippen LogP contribution in [-0.2, 0) is 8.98 Å². The van der Waals surface area contributed by atoms with Crippen molar-refractivity contribution in [2.75, 3.05) is 0 Å². The summed E-state index contributed by atoms with van der Waals surface area (Å²) in [6.07, 6.45) is 1.06. The maximum atomic E-state index is 13.8. The maximum absolute atomic E-state index is 13.8. The third kappa shape index (κ3) is 5.77. The fourth-order valence-corrected chi connectivity index (χ4v) is 8.95. The van der Waals surface area contributed by atoms with Gasteiger partial charge in [0.1, 0.15) is 0 Å². The van der Waals surface area contributed by atoms with Gasteiger partial charge in [0.05, 0.1) is 0 Å². The van der Waals surface area contributed by atoms with E-state index in [0.717, 1.165) is 48.1 Å². The van der Waals surface area contributed by atoms with Crippen molar-refractivity contribution in [1.82, 2.24) is 0 Å². The zero-order valence-electron chi connectivity index (χ0n) is 24.2. The molecule has 0 atom stereocenters. The van der Waals surface area contributed by atoms with Crippen LogP contribution < -0.4 is 0 Å². The molecular weight excluding hydrogens is 545 g/mol. The van der Waals surface area contributed by atoms with Crippen molar-refractivity contribution in [3.05, 3.63) is 164 Å². The van der Waals surface area contributed by atoms with Gasteiger partial charge in [-0.1, -0.05) is 134 Å². The molecule has 0 N–H and O–H groups in total. The zero-order valence-corrected chi connectivity index (χ0v) is 25.0. The van der Waals surface area contributed by atoms with Gasteiger partial charge in [-0.3, -0.25) is 4.79 Å². The van der Waals surface area contributed by atoms with Gasteiger partial charge in [-0.25, -0.2) is 0 Å². The second kappa shape index (κ2) is 13.0. The van der Waals surface area contributed by atoms with E-state index in [1.165, 1.54) is 0 Å². The van der Waals surface area contributed by atoms with Gasteiger partial charge in [-0.15, -0.1) is 0 Å². The molecule has 0 unspecified atom stereocenters. The molecule has 0 bridgehead atoms. The van der Waals surface area contributed by atoms with Crippen molar-refractivity contribution in [2.24, 2.45) is 0 Å². The highest BCUT2D eigenvalue weighted by Gasteiger charge is 2.40. The van der Waals surface area contributed by atoms with Crippen molar-refractivity contribution in [1.29, 1.82) is 0 Å². The largest absolute Gasteiger partial charge is 0.402 e. The molecule has 0 amide bonds. The molecule has 6 aromatic rings. The van der Waals surface area contributed by atoms with Gasteiger partial charge < -0.3 is 4.18 Å². The van der Waals surface area contributed by atoms with E-state index in [0.29, 0.717) is 12.8 Å². The SMILES string of the molecule is CCCC(=O)OS(c1ccccc1)(c1ccccc1)c1c(-c2ccccc2)cc(-c2ccccc2)cc1-c1ccccc1. The molecule has 0 spiro atoms. The second-order valence-corrected chi connectivity index (χ2v) is 13.0. The van der Waals surface area contributed by atoms with E-state index in [9.17, 15) is 4.79 Å². The lowest BCUT2D eigenvalue weighted by molar-refractivity contribution is -0.133. The van der Waals surface area contributed by atoms with Crippen molar-refractivity contribution >= 4 is 16.3 Å². The Morgan fingerprint density at radius 1 is 0.512 bits per heavy atom. The second-order valence-electron chi connectivity index (χ2n) is 10.4. The van der Waals surface area contributed by atoms with Gasteiger partial charge in [0.15, 0.2) is 0 Å². The number of rotatable bonds is 9. The van der Waals surface area contributed by atoms with E-state index in [-0.39, 0.29) is 5.97 Å². The van der Waals surface area contributed by atoms with Gasteiger partial charge in [0.25, 0.3) is 0 Å².